The molecule has 0 saturated carbocycles. The second-order valence-corrected chi connectivity index (χ2v) is 6.37. The lowest BCUT2D eigenvalue weighted by atomic mass is 10.1. The summed E-state index contributed by atoms with van der Waals surface area (Å²) in [7, 11) is 0. The van der Waals surface area contributed by atoms with Gasteiger partial charge in [0.05, 0.1) is 9.95 Å². The first-order valence-electron chi connectivity index (χ1n) is 6.01. The van der Waals surface area contributed by atoms with E-state index in [0.717, 1.165) is 30.4 Å². The van der Waals surface area contributed by atoms with Crippen molar-refractivity contribution in [3.05, 3.63) is 37.9 Å². The zero-order valence-corrected chi connectivity index (χ0v) is 12.7. The van der Waals surface area contributed by atoms with E-state index in [0.29, 0.717) is 0 Å². The molecule has 1 atom stereocenters. The molecule has 1 heterocycles. The van der Waals surface area contributed by atoms with Crippen molar-refractivity contribution in [1.29, 1.82) is 0 Å². The SMILES string of the molecule is O=C(NC1CCCSC1)c1cc(Cl)c(Cl)c([N+](=O)[O-])c1. The molecule has 1 N–H and O–H groups in total. The van der Waals surface area contributed by atoms with Gasteiger partial charge >= 0.3 is 0 Å². The van der Waals surface area contributed by atoms with Gasteiger partial charge in [0.1, 0.15) is 5.02 Å². The number of benzene rings is 1. The molecule has 1 amide bonds. The minimum Gasteiger partial charge on any atom is -0.348 e. The Morgan fingerprint density at radius 3 is 2.80 bits per heavy atom. The van der Waals surface area contributed by atoms with Crippen molar-refractivity contribution in [2.24, 2.45) is 0 Å². The molecule has 0 bridgehead atoms. The van der Waals surface area contributed by atoms with Crippen LogP contribution in [-0.4, -0.2) is 28.4 Å². The van der Waals surface area contributed by atoms with Crippen LogP contribution < -0.4 is 5.32 Å². The normalized spacial score (nSPS) is 18.6. The van der Waals surface area contributed by atoms with Crippen LogP contribution in [0.1, 0.15) is 23.2 Å². The second kappa shape index (κ2) is 6.65. The molecule has 1 saturated heterocycles. The van der Waals surface area contributed by atoms with Crippen LogP contribution in [0.15, 0.2) is 12.1 Å². The predicted molar refractivity (Wildman–Crippen MR) is 80.9 cm³/mol. The maximum atomic E-state index is 12.1. The second-order valence-electron chi connectivity index (χ2n) is 4.44. The van der Waals surface area contributed by atoms with Crippen LogP contribution in [0.4, 0.5) is 5.69 Å². The van der Waals surface area contributed by atoms with Crippen LogP contribution in [0.3, 0.4) is 0 Å². The molecule has 0 aliphatic carbocycles. The third kappa shape index (κ3) is 3.56. The Morgan fingerprint density at radius 1 is 1.45 bits per heavy atom. The number of halogens is 2. The van der Waals surface area contributed by atoms with E-state index in [-0.39, 0.29) is 33.2 Å². The minimum absolute atomic E-state index is 0.00374. The molecule has 1 fully saturated rings. The summed E-state index contributed by atoms with van der Waals surface area (Å²) < 4.78 is 0. The van der Waals surface area contributed by atoms with Gasteiger partial charge in [-0.1, -0.05) is 23.2 Å². The van der Waals surface area contributed by atoms with E-state index in [4.69, 9.17) is 23.2 Å². The lowest BCUT2D eigenvalue weighted by Gasteiger charge is -2.22. The Hall–Kier alpha value is -0.980. The fourth-order valence-corrected chi connectivity index (χ4v) is 3.43. The average Bonchev–Trinajstić information content (AvgIpc) is 2.42. The predicted octanol–water partition coefficient (Wildman–Crippen LogP) is 3.53. The number of nitro groups is 1. The number of carbonyl (C=O) groups is 1. The Labute approximate surface area is 130 Å². The fourth-order valence-electron chi connectivity index (χ4n) is 1.96. The summed E-state index contributed by atoms with van der Waals surface area (Å²) in [6, 6.07) is 2.59. The molecule has 20 heavy (non-hydrogen) atoms. The topological polar surface area (TPSA) is 72.2 Å². The molecule has 1 unspecified atom stereocenters. The summed E-state index contributed by atoms with van der Waals surface area (Å²) in [6.07, 6.45) is 1.97. The molecule has 2 rings (SSSR count). The zero-order chi connectivity index (χ0) is 14.7. The maximum absolute atomic E-state index is 12.1. The number of nitrogens with zero attached hydrogens (tertiary/aromatic N) is 1. The van der Waals surface area contributed by atoms with Crippen LogP contribution in [0.5, 0.6) is 0 Å². The summed E-state index contributed by atoms with van der Waals surface area (Å²) >= 11 is 13.4. The molecule has 0 aromatic heterocycles. The molecule has 5 nitrogen and oxygen atoms in total. The standard InChI is InChI=1S/C12H12Cl2N2O3S/c13-9-4-7(5-10(11(9)14)16(18)19)12(17)15-8-2-1-3-20-6-8/h4-5,8H,1-3,6H2,(H,15,17). The van der Waals surface area contributed by atoms with E-state index >= 15 is 0 Å². The summed E-state index contributed by atoms with van der Waals surface area (Å²) in [5.74, 6) is 1.60. The number of hydrogen-bond acceptors (Lipinski definition) is 4. The first-order chi connectivity index (χ1) is 9.49. The number of carbonyl (C=O) groups excluding carboxylic acids is 1. The largest absolute Gasteiger partial charge is 0.348 e. The lowest BCUT2D eigenvalue weighted by Crippen LogP contribution is -2.38. The average molecular weight is 335 g/mol. The molecule has 108 valence electrons. The highest BCUT2D eigenvalue weighted by Gasteiger charge is 2.22. The molecule has 1 aliphatic heterocycles. The number of thioether (sulfide) groups is 1. The van der Waals surface area contributed by atoms with Gasteiger partial charge in [0.2, 0.25) is 0 Å². The van der Waals surface area contributed by atoms with Crippen molar-refractivity contribution in [3.63, 3.8) is 0 Å². The lowest BCUT2D eigenvalue weighted by molar-refractivity contribution is -0.384. The Morgan fingerprint density at radius 2 is 2.20 bits per heavy atom. The van der Waals surface area contributed by atoms with Crippen LogP contribution in [-0.2, 0) is 0 Å². The Balaban J connectivity index is 2.19. The van der Waals surface area contributed by atoms with Crippen LogP contribution >= 0.6 is 35.0 Å². The van der Waals surface area contributed by atoms with E-state index < -0.39 is 4.92 Å². The monoisotopic (exact) mass is 334 g/mol. The molecule has 1 aliphatic rings. The van der Waals surface area contributed by atoms with Gasteiger partial charge in [0, 0.05) is 23.4 Å². The van der Waals surface area contributed by atoms with E-state index in [1.165, 1.54) is 6.07 Å². The maximum Gasteiger partial charge on any atom is 0.290 e. The van der Waals surface area contributed by atoms with E-state index in [1.807, 2.05) is 0 Å². The van der Waals surface area contributed by atoms with Crippen molar-refractivity contribution >= 4 is 46.6 Å². The highest BCUT2D eigenvalue weighted by molar-refractivity contribution is 7.99. The third-order valence-corrected chi connectivity index (χ3v) is 4.97. The van der Waals surface area contributed by atoms with Crippen molar-refractivity contribution in [3.8, 4) is 0 Å². The molecule has 0 spiro atoms. The highest BCUT2D eigenvalue weighted by atomic mass is 35.5. The Kier molecular flexibility index (Phi) is 5.12. The molecule has 1 aromatic carbocycles. The molecule has 1 aromatic rings. The smallest absolute Gasteiger partial charge is 0.290 e. The van der Waals surface area contributed by atoms with Crippen molar-refractivity contribution < 1.29 is 9.72 Å². The molecular formula is C12H12Cl2N2O3S. The summed E-state index contributed by atoms with van der Waals surface area (Å²) in [5.41, 5.74) is -0.205. The van der Waals surface area contributed by atoms with Gasteiger partial charge in [0.25, 0.3) is 11.6 Å². The Bertz CT molecular complexity index is 548. The third-order valence-electron chi connectivity index (χ3n) is 2.96. The van der Waals surface area contributed by atoms with Gasteiger partial charge < -0.3 is 5.32 Å². The first kappa shape index (κ1) is 15.4. The highest BCUT2D eigenvalue weighted by Crippen LogP contribution is 2.33. The van der Waals surface area contributed by atoms with Crippen molar-refractivity contribution in [1.82, 2.24) is 5.32 Å². The van der Waals surface area contributed by atoms with Crippen LogP contribution in [0.25, 0.3) is 0 Å². The van der Waals surface area contributed by atoms with Crippen LogP contribution in [0, 0.1) is 10.1 Å². The summed E-state index contributed by atoms with van der Waals surface area (Å²) in [5, 5.41) is 13.6. The number of hydrogen-bond donors (Lipinski definition) is 1. The minimum atomic E-state index is -0.651. The quantitative estimate of drug-likeness (QED) is 0.677. The summed E-state index contributed by atoms with van der Waals surface area (Å²) in [6.45, 7) is 0. The number of rotatable bonds is 3. The van der Waals surface area contributed by atoms with Crippen molar-refractivity contribution in [2.45, 2.75) is 18.9 Å². The van der Waals surface area contributed by atoms with Crippen molar-refractivity contribution in [2.75, 3.05) is 11.5 Å². The van der Waals surface area contributed by atoms with E-state index in [2.05, 4.69) is 5.32 Å². The van der Waals surface area contributed by atoms with E-state index in [1.54, 1.807) is 11.8 Å². The zero-order valence-electron chi connectivity index (χ0n) is 10.4. The summed E-state index contributed by atoms with van der Waals surface area (Å²) in [4.78, 5) is 22.3. The molecule has 0 radical (unpaired) electrons. The number of amides is 1. The van der Waals surface area contributed by atoms with Gasteiger partial charge in [0.15, 0.2) is 0 Å². The van der Waals surface area contributed by atoms with E-state index in [9.17, 15) is 14.9 Å². The van der Waals surface area contributed by atoms with Gasteiger partial charge in [-0.05, 0) is 24.7 Å². The molecular weight excluding hydrogens is 323 g/mol. The first-order valence-corrected chi connectivity index (χ1v) is 7.92. The van der Waals surface area contributed by atoms with Gasteiger partial charge in [-0.3, -0.25) is 14.9 Å². The number of nitro benzene ring substituents is 1. The van der Waals surface area contributed by atoms with Gasteiger partial charge in [-0.25, -0.2) is 0 Å². The van der Waals surface area contributed by atoms with Crippen LogP contribution in [0.2, 0.25) is 10.0 Å². The molecule has 8 heteroatoms. The fraction of sp³-hybridized carbons (Fsp3) is 0.417. The van der Waals surface area contributed by atoms with Gasteiger partial charge in [-0.2, -0.15) is 11.8 Å². The number of nitrogens with one attached hydrogen (secondary N) is 1. The van der Waals surface area contributed by atoms with Gasteiger partial charge in [-0.15, -0.1) is 0 Å².